The van der Waals surface area contributed by atoms with Gasteiger partial charge >= 0.3 is 5.69 Å². The highest BCUT2D eigenvalue weighted by atomic mass is 19.1. The SMILES string of the molecule is O=[N+]([O-])c1c(F)cccc1N1CCC(CO)CC1. The molecule has 0 saturated carbocycles. The zero-order chi connectivity index (χ0) is 13.1. The number of anilines is 1. The summed E-state index contributed by atoms with van der Waals surface area (Å²) in [6.45, 7) is 1.35. The number of nitro groups is 1. The molecule has 1 aliphatic rings. The highest BCUT2D eigenvalue weighted by Gasteiger charge is 2.27. The van der Waals surface area contributed by atoms with Crippen molar-refractivity contribution in [3.8, 4) is 0 Å². The third-order valence-corrected chi connectivity index (χ3v) is 3.36. The number of aliphatic hydroxyl groups excluding tert-OH is 1. The average molecular weight is 254 g/mol. The van der Waals surface area contributed by atoms with E-state index in [1.165, 1.54) is 6.07 Å². The molecule has 0 amide bonds. The second-order valence-electron chi connectivity index (χ2n) is 4.48. The van der Waals surface area contributed by atoms with Gasteiger partial charge in [0.15, 0.2) is 0 Å². The van der Waals surface area contributed by atoms with Crippen LogP contribution in [0.5, 0.6) is 0 Å². The molecule has 0 atom stereocenters. The van der Waals surface area contributed by atoms with Crippen molar-refractivity contribution in [1.29, 1.82) is 0 Å². The standard InChI is InChI=1S/C12H15FN2O3/c13-10-2-1-3-11(12(10)15(17)18)14-6-4-9(8-16)5-7-14/h1-3,9,16H,4-8H2. The highest BCUT2D eigenvalue weighted by Crippen LogP contribution is 2.33. The number of rotatable bonds is 3. The third kappa shape index (κ3) is 2.43. The van der Waals surface area contributed by atoms with E-state index in [-0.39, 0.29) is 12.5 Å². The molecule has 1 fully saturated rings. The predicted octanol–water partition coefficient (Wildman–Crippen LogP) is 1.94. The van der Waals surface area contributed by atoms with Gasteiger partial charge in [-0.05, 0) is 30.9 Å². The maximum atomic E-state index is 13.5. The molecule has 1 saturated heterocycles. The van der Waals surface area contributed by atoms with Gasteiger partial charge in [0, 0.05) is 19.7 Å². The van der Waals surface area contributed by atoms with E-state index in [0.717, 1.165) is 18.9 Å². The highest BCUT2D eigenvalue weighted by molar-refractivity contribution is 5.64. The van der Waals surface area contributed by atoms with Gasteiger partial charge in [0.25, 0.3) is 0 Å². The summed E-state index contributed by atoms with van der Waals surface area (Å²) >= 11 is 0. The van der Waals surface area contributed by atoms with Crippen molar-refractivity contribution in [3.05, 3.63) is 34.1 Å². The van der Waals surface area contributed by atoms with Crippen LogP contribution in [0.2, 0.25) is 0 Å². The Morgan fingerprint density at radius 3 is 2.67 bits per heavy atom. The molecular weight excluding hydrogens is 239 g/mol. The Morgan fingerprint density at radius 2 is 2.11 bits per heavy atom. The van der Waals surface area contributed by atoms with Gasteiger partial charge in [-0.25, -0.2) is 0 Å². The topological polar surface area (TPSA) is 66.6 Å². The largest absolute Gasteiger partial charge is 0.396 e. The molecular formula is C12H15FN2O3. The Hall–Kier alpha value is -1.69. The van der Waals surface area contributed by atoms with Gasteiger partial charge in [0.2, 0.25) is 5.82 Å². The molecule has 0 unspecified atom stereocenters. The van der Waals surface area contributed by atoms with Crippen molar-refractivity contribution in [1.82, 2.24) is 0 Å². The molecule has 18 heavy (non-hydrogen) atoms. The lowest BCUT2D eigenvalue weighted by molar-refractivity contribution is -0.386. The fraction of sp³-hybridized carbons (Fsp3) is 0.500. The zero-order valence-corrected chi connectivity index (χ0v) is 9.88. The van der Waals surface area contributed by atoms with Crippen LogP contribution in [0.25, 0.3) is 0 Å². The van der Waals surface area contributed by atoms with Gasteiger partial charge in [0.05, 0.1) is 4.92 Å². The minimum absolute atomic E-state index is 0.138. The number of nitro benzene ring substituents is 1. The lowest BCUT2D eigenvalue weighted by atomic mass is 9.97. The maximum absolute atomic E-state index is 13.5. The number of piperidine rings is 1. The minimum Gasteiger partial charge on any atom is -0.396 e. The molecule has 1 aromatic rings. The Balaban J connectivity index is 2.24. The van der Waals surface area contributed by atoms with Crippen LogP contribution in [0.3, 0.4) is 0 Å². The summed E-state index contributed by atoms with van der Waals surface area (Å²) in [7, 11) is 0. The summed E-state index contributed by atoms with van der Waals surface area (Å²) in [5.74, 6) is -0.560. The summed E-state index contributed by atoms with van der Waals surface area (Å²) < 4.78 is 13.5. The van der Waals surface area contributed by atoms with Crippen LogP contribution in [-0.4, -0.2) is 29.7 Å². The molecule has 1 aromatic carbocycles. The lowest BCUT2D eigenvalue weighted by Gasteiger charge is -2.32. The number of benzene rings is 1. The summed E-state index contributed by atoms with van der Waals surface area (Å²) in [5, 5.41) is 20.0. The normalized spacial score (nSPS) is 16.9. The molecule has 1 N–H and O–H groups in total. The van der Waals surface area contributed by atoms with Crippen LogP contribution >= 0.6 is 0 Å². The molecule has 0 aliphatic carbocycles. The van der Waals surface area contributed by atoms with E-state index in [9.17, 15) is 14.5 Å². The van der Waals surface area contributed by atoms with Crippen LogP contribution in [0.1, 0.15) is 12.8 Å². The Labute approximate surface area is 104 Å². The zero-order valence-electron chi connectivity index (χ0n) is 9.88. The smallest absolute Gasteiger partial charge is 0.327 e. The molecule has 5 nitrogen and oxygen atoms in total. The van der Waals surface area contributed by atoms with Crippen LogP contribution in [-0.2, 0) is 0 Å². The van der Waals surface area contributed by atoms with E-state index in [1.807, 2.05) is 4.90 Å². The van der Waals surface area contributed by atoms with Crippen LogP contribution in [0, 0.1) is 21.8 Å². The van der Waals surface area contributed by atoms with E-state index in [4.69, 9.17) is 5.11 Å². The van der Waals surface area contributed by atoms with E-state index in [1.54, 1.807) is 6.07 Å². The Morgan fingerprint density at radius 1 is 1.44 bits per heavy atom. The molecule has 1 heterocycles. The summed E-state index contributed by atoms with van der Waals surface area (Å²) in [5.41, 5.74) is -0.128. The van der Waals surface area contributed by atoms with Crippen LogP contribution in [0.4, 0.5) is 15.8 Å². The molecule has 0 aromatic heterocycles. The average Bonchev–Trinajstić information content (AvgIpc) is 2.38. The number of halogens is 1. The second-order valence-corrected chi connectivity index (χ2v) is 4.48. The first-order chi connectivity index (χ1) is 8.63. The van der Waals surface area contributed by atoms with Crippen molar-refractivity contribution in [3.63, 3.8) is 0 Å². The molecule has 0 bridgehead atoms. The fourth-order valence-corrected chi connectivity index (χ4v) is 2.30. The van der Waals surface area contributed by atoms with E-state index < -0.39 is 16.4 Å². The first kappa shape index (κ1) is 12.8. The number of nitrogens with zero attached hydrogens (tertiary/aromatic N) is 2. The fourth-order valence-electron chi connectivity index (χ4n) is 2.30. The van der Waals surface area contributed by atoms with Gasteiger partial charge in [-0.1, -0.05) is 6.07 Å². The molecule has 98 valence electrons. The van der Waals surface area contributed by atoms with E-state index in [2.05, 4.69) is 0 Å². The molecule has 2 rings (SSSR count). The van der Waals surface area contributed by atoms with Gasteiger partial charge in [-0.2, -0.15) is 4.39 Å². The number of hydrogen-bond donors (Lipinski definition) is 1. The van der Waals surface area contributed by atoms with E-state index >= 15 is 0 Å². The number of hydrogen-bond acceptors (Lipinski definition) is 4. The first-order valence-corrected chi connectivity index (χ1v) is 5.92. The lowest BCUT2D eigenvalue weighted by Crippen LogP contribution is -2.35. The Bertz CT molecular complexity index is 445. The minimum atomic E-state index is -0.804. The van der Waals surface area contributed by atoms with Crippen molar-refractivity contribution in [2.75, 3.05) is 24.6 Å². The Kier molecular flexibility index (Phi) is 3.76. The summed E-state index contributed by atoms with van der Waals surface area (Å²) in [6.07, 6.45) is 1.54. The van der Waals surface area contributed by atoms with Crippen molar-refractivity contribution in [2.45, 2.75) is 12.8 Å². The third-order valence-electron chi connectivity index (χ3n) is 3.36. The number of aliphatic hydroxyl groups is 1. The van der Waals surface area contributed by atoms with Gasteiger partial charge < -0.3 is 10.0 Å². The molecule has 6 heteroatoms. The van der Waals surface area contributed by atoms with Crippen molar-refractivity contribution >= 4 is 11.4 Å². The summed E-state index contributed by atoms with van der Waals surface area (Å²) in [4.78, 5) is 12.0. The second kappa shape index (κ2) is 5.30. The molecule has 0 spiro atoms. The van der Waals surface area contributed by atoms with Gasteiger partial charge in [-0.15, -0.1) is 0 Å². The maximum Gasteiger partial charge on any atom is 0.327 e. The monoisotopic (exact) mass is 254 g/mol. The van der Waals surface area contributed by atoms with E-state index in [0.29, 0.717) is 18.8 Å². The first-order valence-electron chi connectivity index (χ1n) is 5.92. The van der Waals surface area contributed by atoms with Gasteiger partial charge in [-0.3, -0.25) is 10.1 Å². The van der Waals surface area contributed by atoms with Crippen molar-refractivity contribution in [2.24, 2.45) is 5.92 Å². The van der Waals surface area contributed by atoms with Crippen molar-refractivity contribution < 1.29 is 14.4 Å². The number of para-hydroxylation sites is 1. The summed E-state index contributed by atoms with van der Waals surface area (Å²) in [6, 6.07) is 4.15. The van der Waals surface area contributed by atoms with Gasteiger partial charge in [0.1, 0.15) is 5.69 Å². The van der Waals surface area contributed by atoms with Crippen LogP contribution in [0.15, 0.2) is 18.2 Å². The molecule has 1 aliphatic heterocycles. The molecule has 0 radical (unpaired) electrons. The predicted molar refractivity (Wildman–Crippen MR) is 65.1 cm³/mol. The van der Waals surface area contributed by atoms with Crippen LogP contribution < -0.4 is 4.90 Å². The quantitative estimate of drug-likeness (QED) is 0.661.